The third kappa shape index (κ3) is 1.46. The molecule has 1 atom stereocenters. The molecule has 1 rings (SSSR count). The molecule has 0 aromatic carbocycles. The van der Waals surface area contributed by atoms with Gasteiger partial charge in [-0.05, 0) is 6.07 Å². The zero-order chi connectivity index (χ0) is 8.27. The van der Waals surface area contributed by atoms with Gasteiger partial charge < -0.3 is 5.11 Å². The minimum Gasteiger partial charge on any atom is -0.479 e. The van der Waals surface area contributed by atoms with E-state index in [0.29, 0.717) is 0 Å². The molecule has 0 radical (unpaired) electrons. The molecule has 4 nitrogen and oxygen atoms in total. The second-order valence-corrected chi connectivity index (χ2v) is 2.00. The van der Waals surface area contributed by atoms with Crippen molar-refractivity contribution >= 4 is 5.97 Å². The molecule has 0 fully saturated rings. The number of aliphatic carboxylic acids is 1. The van der Waals surface area contributed by atoms with Crippen molar-refractivity contribution < 1.29 is 9.90 Å². The van der Waals surface area contributed by atoms with Gasteiger partial charge in [0.1, 0.15) is 0 Å². The molecular weight excluding hydrogens is 144 g/mol. The van der Waals surface area contributed by atoms with E-state index >= 15 is 0 Å². The minimum atomic E-state index is -0.955. The van der Waals surface area contributed by atoms with Crippen molar-refractivity contribution in [2.45, 2.75) is 6.04 Å². The highest BCUT2D eigenvalue weighted by molar-refractivity contribution is 5.73. The van der Waals surface area contributed by atoms with Gasteiger partial charge in [0.05, 0.1) is 0 Å². The van der Waals surface area contributed by atoms with Crippen molar-refractivity contribution in [3.63, 3.8) is 0 Å². The van der Waals surface area contributed by atoms with Crippen LogP contribution in [0.5, 0.6) is 0 Å². The smallest absolute Gasteiger partial charge is 0.332 e. The Kier molecular flexibility index (Phi) is 2.06. The Morgan fingerprint density at radius 2 is 2.55 bits per heavy atom. The van der Waals surface area contributed by atoms with E-state index in [9.17, 15) is 4.79 Å². The molecule has 1 N–H and O–H groups in total. The molecule has 0 saturated heterocycles. The van der Waals surface area contributed by atoms with Crippen molar-refractivity contribution in [3.05, 3.63) is 31.1 Å². The molecule has 1 aromatic rings. The largest absolute Gasteiger partial charge is 0.479 e. The zero-order valence-electron chi connectivity index (χ0n) is 5.84. The summed E-state index contributed by atoms with van der Waals surface area (Å²) in [6, 6.07) is 0.907. The predicted octanol–water partition coefficient (Wildman–Crippen LogP) is 0.695. The lowest BCUT2D eigenvalue weighted by Crippen LogP contribution is -2.16. The first-order valence-corrected chi connectivity index (χ1v) is 3.10. The molecule has 0 saturated carbocycles. The third-order valence-corrected chi connectivity index (χ3v) is 1.29. The molecular formula is C7H8N2O2. The van der Waals surface area contributed by atoms with Crippen LogP contribution in [0.4, 0.5) is 0 Å². The van der Waals surface area contributed by atoms with Gasteiger partial charge in [0.2, 0.25) is 0 Å². The Balaban J connectivity index is 2.88. The molecule has 0 spiro atoms. The van der Waals surface area contributed by atoms with Gasteiger partial charge in [0, 0.05) is 12.4 Å². The lowest BCUT2D eigenvalue weighted by atomic mass is 10.3. The van der Waals surface area contributed by atoms with Crippen LogP contribution in [0.15, 0.2) is 31.1 Å². The van der Waals surface area contributed by atoms with Gasteiger partial charge in [-0.25, -0.2) is 4.79 Å². The maximum absolute atomic E-state index is 10.5. The Labute approximate surface area is 63.8 Å². The highest BCUT2D eigenvalue weighted by Gasteiger charge is 2.14. The third-order valence-electron chi connectivity index (χ3n) is 1.29. The second-order valence-electron chi connectivity index (χ2n) is 2.00. The van der Waals surface area contributed by atoms with Gasteiger partial charge in [-0.3, -0.25) is 4.68 Å². The van der Waals surface area contributed by atoms with Gasteiger partial charge >= 0.3 is 5.97 Å². The summed E-state index contributed by atoms with van der Waals surface area (Å²) in [7, 11) is 0. The van der Waals surface area contributed by atoms with Crippen LogP contribution in [0.2, 0.25) is 0 Å². The fourth-order valence-corrected chi connectivity index (χ4v) is 0.767. The molecule has 11 heavy (non-hydrogen) atoms. The van der Waals surface area contributed by atoms with Crippen LogP contribution in [-0.4, -0.2) is 20.9 Å². The molecule has 0 bridgehead atoms. The van der Waals surface area contributed by atoms with Crippen molar-refractivity contribution in [1.29, 1.82) is 0 Å². The summed E-state index contributed by atoms with van der Waals surface area (Å²) in [5.41, 5.74) is 0. The Hall–Kier alpha value is -1.58. The van der Waals surface area contributed by atoms with Crippen molar-refractivity contribution in [2.75, 3.05) is 0 Å². The standard InChI is InChI=1S/C7H8N2O2/c1-2-6(7(10)11)9-5-3-4-8-9/h2-6H,1H2,(H,10,11). The van der Waals surface area contributed by atoms with Gasteiger partial charge in [0.15, 0.2) is 6.04 Å². The number of rotatable bonds is 3. The Morgan fingerprint density at radius 1 is 1.82 bits per heavy atom. The summed E-state index contributed by atoms with van der Waals surface area (Å²) >= 11 is 0. The number of nitrogens with zero attached hydrogens (tertiary/aromatic N) is 2. The first-order chi connectivity index (χ1) is 5.25. The average Bonchev–Trinajstić information content (AvgIpc) is 2.40. The maximum atomic E-state index is 10.5. The Bertz CT molecular complexity index is 253. The minimum absolute atomic E-state index is 0.759. The molecule has 58 valence electrons. The van der Waals surface area contributed by atoms with E-state index in [0.717, 1.165) is 0 Å². The summed E-state index contributed by atoms with van der Waals surface area (Å²) in [5.74, 6) is -0.955. The predicted molar refractivity (Wildman–Crippen MR) is 39.1 cm³/mol. The van der Waals surface area contributed by atoms with E-state index < -0.39 is 12.0 Å². The number of aromatic nitrogens is 2. The van der Waals surface area contributed by atoms with E-state index in [2.05, 4.69) is 11.7 Å². The van der Waals surface area contributed by atoms with Gasteiger partial charge in [-0.2, -0.15) is 5.10 Å². The topological polar surface area (TPSA) is 55.1 Å². The lowest BCUT2D eigenvalue weighted by Gasteiger charge is -2.05. The normalized spacial score (nSPS) is 12.4. The summed E-state index contributed by atoms with van der Waals surface area (Å²) in [4.78, 5) is 10.5. The fourth-order valence-electron chi connectivity index (χ4n) is 0.767. The number of hydrogen-bond acceptors (Lipinski definition) is 2. The second kappa shape index (κ2) is 3.01. The zero-order valence-corrected chi connectivity index (χ0v) is 5.84. The first kappa shape index (κ1) is 7.53. The fraction of sp³-hybridized carbons (Fsp3) is 0.143. The summed E-state index contributed by atoms with van der Waals surface area (Å²) in [5, 5.41) is 12.4. The van der Waals surface area contributed by atoms with Gasteiger partial charge in [0.25, 0.3) is 0 Å². The van der Waals surface area contributed by atoms with Crippen LogP contribution < -0.4 is 0 Å². The number of hydrogen-bond donors (Lipinski definition) is 1. The summed E-state index contributed by atoms with van der Waals surface area (Å²) in [6.45, 7) is 3.40. The highest BCUT2D eigenvalue weighted by Crippen LogP contribution is 2.04. The Morgan fingerprint density at radius 3 is 2.91 bits per heavy atom. The molecule has 0 aliphatic carbocycles. The van der Waals surface area contributed by atoms with E-state index in [1.54, 1.807) is 12.3 Å². The quantitative estimate of drug-likeness (QED) is 0.648. The van der Waals surface area contributed by atoms with E-state index in [1.165, 1.54) is 17.0 Å². The lowest BCUT2D eigenvalue weighted by molar-refractivity contribution is -0.139. The molecule has 1 aromatic heterocycles. The monoisotopic (exact) mass is 152 g/mol. The highest BCUT2D eigenvalue weighted by atomic mass is 16.4. The number of carbonyl (C=O) groups is 1. The molecule has 0 amide bonds. The molecule has 4 heteroatoms. The average molecular weight is 152 g/mol. The number of carboxylic acids is 1. The van der Waals surface area contributed by atoms with Crippen LogP contribution in [-0.2, 0) is 4.79 Å². The van der Waals surface area contributed by atoms with Crippen LogP contribution in [0.25, 0.3) is 0 Å². The molecule has 0 aliphatic heterocycles. The van der Waals surface area contributed by atoms with Crippen molar-refractivity contribution in [1.82, 2.24) is 9.78 Å². The number of carboxylic acid groups (broad SMARTS) is 1. The van der Waals surface area contributed by atoms with Crippen LogP contribution >= 0.6 is 0 Å². The van der Waals surface area contributed by atoms with Gasteiger partial charge in [-0.1, -0.05) is 6.08 Å². The van der Waals surface area contributed by atoms with E-state index in [1.807, 2.05) is 0 Å². The van der Waals surface area contributed by atoms with Crippen LogP contribution in [0.1, 0.15) is 6.04 Å². The summed E-state index contributed by atoms with van der Waals surface area (Å²) < 4.78 is 1.33. The van der Waals surface area contributed by atoms with E-state index in [4.69, 9.17) is 5.11 Å². The van der Waals surface area contributed by atoms with Crippen molar-refractivity contribution in [2.24, 2.45) is 0 Å². The molecule has 1 unspecified atom stereocenters. The SMILES string of the molecule is C=CC(C(=O)O)n1cccn1. The van der Waals surface area contributed by atoms with Crippen molar-refractivity contribution in [3.8, 4) is 0 Å². The molecule has 1 heterocycles. The van der Waals surface area contributed by atoms with Gasteiger partial charge in [-0.15, -0.1) is 6.58 Å². The van der Waals surface area contributed by atoms with Crippen LogP contribution in [0.3, 0.4) is 0 Å². The summed E-state index contributed by atoms with van der Waals surface area (Å²) in [6.07, 6.45) is 4.44. The van der Waals surface area contributed by atoms with Crippen LogP contribution in [0, 0.1) is 0 Å². The molecule has 0 aliphatic rings. The van der Waals surface area contributed by atoms with E-state index in [-0.39, 0.29) is 0 Å². The maximum Gasteiger partial charge on any atom is 0.332 e. The first-order valence-electron chi connectivity index (χ1n) is 3.10.